The Balaban J connectivity index is 1.57. The van der Waals surface area contributed by atoms with Crippen LogP contribution in [-0.2, 0) is 14.6 Å². The molecule has 0 aliphatic carbocycles. The van der Waals surface area contributed by atoms with Gasteiger partial charge >= 0.3 is 5.97 Å². The third kappa shape index (κ3) is 5.29. The SMILES string of the molecule is COC(=O)c1ccc(N2CCN(CCS(=O)(=O)c3ccc(Cl)cc3)C(C)C2)cc1. The second-order valence-electron chi connectivity index (χ2n) is 7.14. The molecule has 1 fully saturated rings. The number of hydrogen-bond donors (Lipinski definition) is 0. The van der Waals surface area contributed by atoms with Crippen molar-refractivity contribution < 1.29 is 17.9 Å². The summed E-state index contributed by atoms with van der Waals surface area (Å²) in [5.41, 5.74) is 1.56. The van der Waals surface area contributed by atoms with Gasteiger partial charge in [0.1, 0.15) is 0 Å². The minimum atomic E-state index is -3.34. The molecule has 3 rings (SSSR count). The van der Waals surface area contributed by atoms with Crippen molar-refractivity contribution in [3.63, 3.8) is 0 Å². The molecule has 1 saturated heterocycles. The maximum Gasteiger partial charge on any atom is 0.337 e. The fraction of sp³-hybridized carbons (Fsp3) is 0.381. The standard InChI is InChI=1S/C21H25ClN2O4S/c1-16-15-24(19-7-3-17(4-8-19)21(25)28-2)12-11-23(16)13-14-29(26,27)20-9-5-18(22)6-10-20/h3-10,16H,11-15H2,1-2H3. The van der Waals surface area contributed by atoms with Crippen LogP contribution in [0.4, 0.5) is 5.69 Å². The van der Waals surface area contributed by atoms with Crippen LogP contribution in [0.3, 0.4) is 0 Å². The molecule has 0 amide bonds. The van der Waals surface area contributed by atoms with Crippen molar-refractivity contribution in [3.8, 4) is 0 Å². The number of methoxy groups -OCH3 is 1. The van der Waals surface area contributed by atoms with Crippen molar-refractivity contribution in [2.45, 2.75) is 17.9 Å². The first-order valence-corrected chi connectivity index (χ1v) is 11.5. The number of ether oxygens (including phenoxy) is 1. The van der Waals surface area contributed by atoms with E-state index >= 15 is 0 Å². The molecule has 0 aromatic heterocycles. The van der Waals surface area contributed by atoms with E-state index in [1.54, 1.807) is 36.4 Å². The van der Waals surface area contributed by atoms with Crippen LogP contribution in [-0.4, -0.2) is 64.4 Å². The Morgan fingerprint density at radius 1 is 1.10 bits per heavy atom. The molecule has 0 bridgehead atoms. The summed E-state index contributed by atoms with van der Waals surface area (Å²) < 4.78 is 29.9. The van der Waals surface area contributed by atoms with Crippen molar-refractivity contribution in [2.75, 3.05) is 43.9 Å². The number of piperazine rings is 1. The van der Waals surface area contributed by atoms with Gasteiger partial charge in [0.05, 0.1) is 23.3 Å². The fourth-order valence-electron chi connectivity index (χ4n) is 3.49. The van der Waals surface area contributed by atoms with E-state index in [9.17, 15) is 13.2 Å². The first-order chi connectivity index (χ1) is 13.8. The van der Waals surface area contributed by atoms with Gasteiger partial charge in [0.25, 0.3) is 0 Å². The van der Waals surface area contributed by atoms with Crippen molar-refractivity contribution in [1.29, 1.82) is 0 Å². The number of hydrogen-bond acceptors (Lipinski definition) is 6. The molecule has 2 aromatic carbocycles. The van der Waals surface area contributed by atoms with Gasteiger partial charge in [-0.15, -0.1) is 0 Å². The van der Waals surface area contributed by atoms with Crippen LogP contribution >= 0.6 is 11.6 Å². The Bertz CT molecular complexity index is 946. The highest BCUT2D eigenvalue weighted by atomic mass is 35.5. The lowest BCUT2D eigenvalue weighted by Crippen LogP contribution is -2.53. The van der Waals surface area contributed by atoms with Crippen LogP contribution in [0.15, 0.2) is 53.4 Å². The van der Waals surface area contributed by atoms with Gasteiger partial charge in [-0.1, -0.05) is 11.6 Å². The van der Waals surface area contributed by atoms with Gasteiger partial charge in [-0.2, -0.15) is 0 Å². The molecule has 0 radical (unpaired) electrons. The number of rotatable bonds is 6. The number of anilines is 1. The fourth-order valence-corrected chi connectivity index (χ4v) is 4.87. The Morgan fingerprint density at radius 2 is 1.76 bits per heavy atom. The average molecular weight is 437 g/mol. The van der Waals surface area contributed by atoms with E-state index < -0.39 is 9.84 Å². The summed E-state index contributed by atoms with van der Waals surface area (Å²) in [4.78, 5) is 16.3. The van der Waals surface area contributed by atoms with E-state index in [2.05, 4.69) is 16.7 Å². The maximum absolute atomic E-state index is 12.6. The molecule has 1 unspecified atom stereocenters. The monoisotopic (exact) mass is 436 g/mol. The summed E-state index contributed by atoms with van der Waals surface area (Å²) in [7, 11) is -1.97. The molecule has 1 aliphatic rings. The van der Waals surface area contributed by atoms with Crippen LogP contribution in [0, 0.1) is 0 Å². The summed E-state index contributed by atoms with van der Waals surface area (Å²) >= 11 is 5.84. The van der Waals surface area contributed by atoms with Gasteiger partial charge in [0, 0.05) is 42.9 Å². The van der Waals surface area contributed by atoms with E-state index in [1.807, 2.05) is 12.1 Å². The van der Waals surface area contributed by atoms with Gasteiger partial charge in [-0.25, -0.2) is 13.2 Å². The summed E-state index contributed by atoms with van der Waals surface area (Å²) in [6, 6.07) is 13.9. The number of nitrogens with zero attached hydrogens (tertiary/aromatic N) is 2. The molecule has 0 saturated carbocycles. The van der Waals surface area contributed by atoms with Gasteiger partial charge in [-0.05, 0) is 55.5 Å². The molecule has 1 heterocycles. The summed E-state index contributed by atoms with van der Waals surface area (Å²) in [6.45, 7) is 4.95. The first-order valence-electron chi connectivity index (χ1n) is 9.46. The van der Waals surface area contributed by atoms with Crippen LogP contribution in [0.1, 0.15) is 17.3 Å². The smallest absolute Gasteiger partial charge is 0.337 e. The number of carbonyl (C=O) groups excluding carboxylic acids is 1. The lowest BCUT2D eigenvalue weighted by atomic mass is 10.1. The second kappa shape index (κ2) is 9.15. The second-order valence-corrected chi connectivity index (χ2v) is 9.69. The molecule has 0 N–H and O–H groups in total. The molecule has 6 nitrogen and oxygen atoms in total. The minimum Gasteiger partial charge on any atom is -0.465 e. The van der Waals surface area contributed by atoms with Crippen molar-refractivity contribution in [3.05, 3.63) is 59.1 Å². The molecular weight excluding hydrogens is 412 g/mol. The maximum atomic E-state index is 12.6. The van der Waals surface area contributed by atoms with E-state index in [4.69, 9.17) is 16.3 Å². The molecule has 1 aliphatic heterocycles. The summed E-state index contributed by atoms with van der Waals surface area (Å²) in [6.07, 6.45) is 0. The van der Waals surface area contributed by atoms with Gasteiger partial charge in [-0.3, -0.25) is 4.90 Å². The van der Waals surface area contributed by atoms with Crippen molar-refractivity contribution in [2.24, 2.45) is 0 Å². The zero-order chi connectivity index (χ0) is 21.0. The zero-order valence-electron chi connectivity index (χ0n) is 16.5. The van der Waals surface area contributed by atoms with Crippen LogP contribution in [0.5, 0.6) is 0 Å². The van der Waals surface area contributed by atoms with Crippen molar-refractivity contribution >= 4 is 33.1 Å². The third-order valence-corrected chi connectivity index (χ3v) is 7.20. The molecule has 1 atom stereocenters. The highest BCUT2D eigenvalue weighted by Gasteiger charge is 2.26. The van der Waals surface area contributed by atoms with Gasteiger partial charge in [0.2, 0.25) is 0 Å². The van der Waals surface area contributed by atoms with E-state index in [0.717, 1.165) is 25.3 Å². The topological polar surface area (TPSA) is 66.9 Å². The predicted octanol–water partition coefficient (Wildman–Crippen LogP) is 3.11. The minimum absolute atomic E-state index is 0.0762. The Kier molecular flexibility index (Phi) is 6.82. The van der Waals surface area contributed by atoms with Crippen LogP contribution in [0.25, 0.3) is 0 Å². The number of esters is 1. The normalized spacial score (nSPS) is 17.9. The molecule has 156 valence electrons. The largest absolute Gasteiger partial charge is 0.465 e. The van der Waals surface area contributed by atoms with E-state index in [-0.39, 0.29) is 17.8 Å². The molecular formula is C21H25ClN2O4S. The number of halogens is 1. The lowest BCUT2D eigenvalue weighted by molar-refractivity contribution is 0.0600. The Morgan fingerprint density at radius 3 is 2.34 bits per heavy atom. The Labute approximate surface area is 176 Å². The number of benzene rings is 2. The highest BCUT2D eigenvalue weighted by molar-refractivity contribution is 7.91. The lowest BCUT2D eigenvalue weighted by Gasteiger charge is -2.41. The van der Waals surface area contributed by atoms with Crippen LogP contribution in [0.2, 0.25) is 5.02 Å². The van der Waals surface area contributed by atoms with Crippen LogP contribution < -0.4 is 4.90 Å². The summed E-state index contributed by atoms with van der Waals surface area (Å²) in [5, 5.41) is 0.522. The Hall–Kier alpha value is -2.09. The summed E-state index contributed by atoms with van der Waals surface area (Å²) in [5.74, 6) is -0.274. The number of carbonyl (C=O) groups is 1. The molecule has 2 aromatic rings. The molecule has 8 heteroatoms. The molecule has 0 spiro atoms. The average Bonchev–Trinajstić information content (AvgIpc) is 2.72. The quantitative estimate of drug-likeness (QED) is 0.648. The van der Waals surface area contributed by atoms with E-state index in [1.165, 1.54) is 7.11 Å². The van der Waals surface area contributed by atoms with Gasteiger partial charge in [0.15, 0.2) is 9.84 Å². The predicted molar refractivity (Wildman–Crippen MR) is 115 cm³/mol. The first kappa shape index (κ1) is 21.6. The zero-order valence-corrected chi connectivity index (χ0v) is 18.1. The van der Waals surface area contributed by atoms with E-state index in [0.29, 0.717) is 22.0 Å². The van der Waals surface area contributed by atoms with Crippen molar-refractivity contribution in [1.82, 2.24) is 4.90 Å². The number of sulfone groups is 1. The third-order valence-electron chi connectivity index (χ3n) is 5.24. The van der Waals surface area contributed by atoms with Gasteiger partial charge < -0.3 is 9.64 Å². The highest BCUT2D eigenvalue weighted by Crippen LogP contribution is 2.21. The molecule has 29 heavy (non-hydrogen) atoms.